The zero-order valence-electron chi connectivity index (χ0n) is 15.2. The van der Waals surface area contributed by atoms with Crippen molar-refractivity contribution in [2.45, 2.75) is 44.0 Å². The van der Waals surface area contributed by atoms with E-state index < -0.39 is 29.3 Å². The Morgan fingerprint density at radius 1 is 1.21 bits per heavy atom. The van der Waals surface area contributed by atoms with Crippen LogP contribution >= 0.6 is 0 Å². The number of benzene rings is 1. The van der Waals surface area contributed by atoms with Crippen LogP contribution in [0.2, 0.25) is 0 Å². The van der Waals surface area contributed by atoms with Gasteiger partial charge >= 0.3 is 6.18 Å². The number of halogens is 5. The summed E-state index contributed by atoms with van der Waals surface area (Å²) in [5.74, 6) is 0.361. The summed E-state index contributed by atoms with van der Waals surface area (Å²) in [5.41, 5.74) is -2.27. The second-order valence-electron chi connectivity index (χ2n) is 7.48. The number of fused-ring (bicyclic) bond motifs is 1. The van der Waals surface area contributed by atoms with Gasteiger partial charge in [0.25, 0.3) is 6.43 Å². The molecule has 1 saturated carbocycles. The molecule has 0 atom stereocenters. The topological polar surface area (TPSA) is 62.5 Å². The molecule has 0 radical (unpaired) electrons. The van der Waals surface area contributed by atoms with Crippen LogP contribution in [-0.2, 0) is 6.18 Å². The minimum absolute atomic E-state index is 0.0153. The van der Waals surface area contributed by atoms with E-state index >= 15 is 0 Å². The van der Waals surface area contributed by atoms with Gasteiger partial charge in [-0.25, -0.2) is 8.78 Å². The summed E-state index contributed by atoms with van der Waals surface area (Å²) in [5, 5.41) is 21.1. The predicted molar refractivity (Wildman–Crippen MR) is 95.7 cm³/mol. The molecule has 5 nitrogen and oxygen atoms in total. The molecule has 2 aromatic heterocycles. The van der Waals surface area contributed by atoms with E-state index in [0.717, 1.165) is 12.1 Å². The monoisotopic (exact) mass is 412 g/mol. The largest absolute Gasteiger partial charge is 0.416 e. The maximum Gasteiger partial charge on any atom is 0.416 e. The maximum absolute atomic E-state index is 13.5. The molecule has 4 rings (SSSR count). The van der Waals surface area contributed by atoms with Crippen molar-refractivity contribution >= 4 is 11.5 Å². The third kappa shape index (κ3) is 3.64. The predicted octanol–water partition coefficient (Wildman–Crippen LogP) is 4.68. The molecular formula is C19H17F5N4O. The first-order valence-corrected chi connectivity index (χ1v) is 8.87. The van der Waals surface area contributed by atoms with Crippen molar-refractivity contribution in [3.63, 3.8) is 0 Å². The summed E-state index contributed by atoms with van der Waals surface area (Å²) in [6.45, 7) is 1.72. The van der Waals surface area contributed by atoms with Crippen LogP contribution in [0.25, 0.3) is 16.8 Å². The first-order valence-electron chi connectivity index (χ1n) is 8.87. The van der Waals surface area contributed by atoms with Gasteiger partial charge in [0.1, 0.15) is 5.69 Å². The summed E-state index contributed by atoms with van der Waals surface area (Å²) in [6, 6.07) is 5.47. The first-order chi connectivity index (χ1) is 13.5. The third-order valence-corrected chi connectivity index (χ3v) is 5.04. The van der Waals surface area contributed by atoms with Crippen molar-refractivity contribution in [1.29, 1.82) is 0 Å². The average Bonchev–Trinajstić information content (AvgIpc) is 3.09. The molecule has 2 heterocycles. The fraction of sp³-hybridized carbons (Fsp3) is 0.368. The Morgan fingerprint density at radius 2 is 1.93 bits per heavy atom. The van der Waals surface area contributed by atoms with Gasteiger partial charge in [-0.2, -0.15) is 13.2 Å². The molecule has 1 aliphatic carbocycles. The fourth-order valence-electron chi connectivity index (χ4n) is 3.67. The molecule has 0 saturated heterocycles. The van der Waals surface area contributed by atoms with Gasteiger partial charge in [0.05, 0.1) is 16.7 Å². The van der Waals surface area contributed by atoms with Crippen molar-refractivity contribution in [2.75, 3.05) is 5.32 Å². The van der Waals surface area contributed by atoms with Crippen LogP contribution in [0.3, 0.4) is 0 Å². The van der Waals surface area contributed by atoms with Gasteiger partial charge in [-0.05, 0) is 44.0 Å². The Morgan fingerprint density at radius 3 is 2.55 bits per heavy atom. The second-order valence-corrected chi connectivity index (χ2v) is 7.48. The Labute approximate surface area is 162 Å². The SMILES string of the molecule is CC1(O)CC(Nc2nnc(-c3ccc(C(F)(F)F)cc3C(F)F)c3cccn23)C1. The highest BCUT2D eigenvalue weighted by molar-refractivity contribution is 5.80. The van der Waals surface area contributed by atoms with E-state index in [9.17, 15) is 27.1 Å². The summed E-state index contributed by atoms with van der Waals surface area (Å²) in [6.07, 6.45) is -5.14. The van der Waals surface area contributed by atoms with Crippen LogP contribution in [0.5, 0.6) is 0 Å². The number of nitrogens with one attached hydrogen (secondary N) is 1. The Balaban J connectivity index is 1.76. The van der Waals surface area contributed by atoms with Gasteiger partial charge in [-0.3, -0.25) is 4.40 Å². The van der Waals surface area contributed by atoms with Crippen LogP contribution in [0.4, 0.5) is 27.9 Å². The Kier molecular flexibility index (Phi) is 4.49. The van der Waals surface area contributed by atoms with Gasteiger partial charge in [0, 0.05) is 23.4 Å². The highest BCUT2D eigenvalue weighted by Gasteiger charge is 2.39. The molecule has 154 valence electrons. The first kappa shape index (κ1) is 19.6. The lowest BCUT2D eigenvalue weighted by Gasteiger charge is -2.41. The molecule has 0 unspecified atom stereocenters. The van der Waals surface area contributed by atoms with E-state index in [1.165, 1.54) is 0 Å². The van der Waals surface area contributed by atoms with Crippen LogP contribution in [0, 0.1) is 0 Å². The van der Waals surface area contributed by atoms with E-state index in [0.29, 0.717) is 30.4 Å². The number of hydrogen-bond acceptors (Lipinski definition) is 4. The van der Waals surface area contributed by atoms with Gasteiger partial charge < -0.3 is 10.4 Å². The molecule has 1 aliphatic rings. The summed E-state index contributed by atoms with van der Waals surface area (Å²) in [7, 11) is 0. The van der Waals surface area contributed by atoms with Gasteiger partial charge in [-0.15, -0.1) is 10.2 Å². The minimum atomic E-state index is -4.73. The van der Waals surface area contributed by atoms with Gasteiger partial charge in [0.15, 0.2) is 0 Å². The zero-order chi connectivity index (χ0) is 21.0. The summed E-state index contributed by atoms with van der Waals surface area (Å²) < 4.78 is 67.5. The number of alkyl halides is 5. The summed E-state index contributed by atoms with van der Waals surface area (Å²) >= 11 is 0. The van der Waals surface area contributed by atoms with Crippen LogP contribution in [0.15, 0.2) is 36.5 Å². The maximum atomic E-state index is 13.5. The molecular weight excluding hydrogens is 395 g/mol. The van der Waals surface area contributed by atoms with Crippen molar-refractivity contribution in [3.05, 3.63) is 47.7 Å². The molecule has 0 aliphatic heterocycles. The molecule has 0 amide bonds. The van der Waals surface area contributed by atoms with Gasteiger partial charge in [-0.1, -0.05) is 6.07 Å². The van der Waals surface area contributed by atoms with Crippen molar-refractivity contribution in [2.24, 2.45) is 0 Å². The van der Waals surface area contributed by atoms with Crippen molar-refractivity contribution in [3.8, 4) is 11.3 Å². The second kappa shape index (κ2) is 6.65. The molecule has 10 heteroatoms. The lowest BCUT2D eigenvalue weighted by Crippen LogP contribution is -2.48. The zero-order valence-corrected chi connectivity index (χ0v) is 15.2. The average molecular weight is 412 g/mol. The van der Waals surface area contributed by atoms with E-state index in [4.69, 9.17) is 0 Å². The van der Waals surface area contributed by atoms with Crippen molar-refractivity contribution < 1.29 is 27.1 Å². The normalized spacial score (nSPS) is 22.1. The van der Waals surface area contributed by atoms with E-state index in [-0.39, 0.29) is 17.3 Å². The highest BCUT2D eigenvalue weighted by atomic mass is 19.4. The Hall–Kier alpha value is -2.75. The molecule has 0 spiro atoms. The number of nitrogens with zero attached hydrogens (tertiary/aromatic N) is 3. The molecule has 2 N–H and O–H groups in total. The van der Waals surface area contributed by atoms with E-state index in [1.54, 1.807) is 29.7 Å². The third-order valence-electron chi connectivity index (χ3n) is 5.04. The van der Waals surface area contributed by atoms with Crippen LogP contribution in [-0.4, -0.2) is 31.3 Å². The standard InChI is InChI=1S/C19H17F5N4O/c1-18(29)8-11(9-18)25-17-27-26-15(14-3-2-6-28(14)17)12-5-4-10(19(22,23)24)7-13(12)16(20)21/h2-7,11,16,29H,8-9H2,1H3,(H,25,27). The van der Waals surface area contributed by atoms with Crippen LogP contribution < -0.4 is 5.32 Å². The van der Waals surface area contributed by atoms with Gasteiger partial charge in [0.2, 0.25) is 5.95 Å². The van der Waals surface area contributed by atoms with E-state index in [1.807, 2.05) is 0 Å². The van der Waals surface area contributed by atoms with Crippen molar-refractivity contribution in [1.82, 2.24) is 14.6 Å². The minimum Gasteiger partial charge on any atom is -0.390 e. The molecule has 3 aromatic rings. The smallest absolute Gasteiger partial charge is 0.390 e. The quantitative estimate of drug-likeness (QED) is 0.611. The number of aromatic nitrogens is 3. The molecule has 1 aromatic carbocycles. The Bertz CT molecular complexity index is 1050. The van der Waals surface area contributed by atoms with Crippen LogP contribution in [0.1, 0.15) is 37.3 Å². The number of aliphatic hydroxyl groups is 1. The number of rotatable bonds is 4. The number of anilines is 1. The molecule has 29 heavy (non-hydrogen) atoms. The summed E-state index contributed by atoms with van der Waals surface area (Å²) in [4.78, 5) is 0. The lowest BCUT2D eigenvalue weighted by molar-refractivity contribution is -0.137. The highest BCUT2D eigenvalue weighted by Crippen LogP contribution is 2.38. The molecule has 1 fully saturated rings. The molecule has 0 bridgehead atoms. The van der Waals surface area contributed by atoms with E-state index in [2.05, 4.69) is 15.5 Å². The fourth-order valence-corrected chi connectivity index (χ4v) is 3.67. The number of hydrogen-bond donors (Lipinski definition) is 2. The lowest BCUT2D eigenvalue weighted by atomic mass is 9.77.